The smallest absolute Gasteiger partial charge is 0.122 e. The molecule has 1 aromatic heterocycles. The molecule has 0 amide bonds. The van der Waals surface area contributed by atoms with Crippen LogP contribution in [-0.2, 0) is 19.3 Å². The number of hydrogen-bond donors (Lipinski definition) is 1. The van der Waals surface area contributed by atoms with Crippen molar-refractivity contribution in [2.45, 2.75) is 32.3 Å². The summed E-state index contributed by atoms with van der Waals surface area (Å²) in [7, 11) is 0. The standard InChI is InChI=1S/C17H19NO2/c1-2-12-3-5-15(18-11-12)10-16(19)13-4-6-17-14(9-13)7-8-20-17/h3-6,9,11,16,19H,2,7-8,10H2,1H3. The molecule has 20 heavy (non-hydrogen) atoms. The summed E-state index contributed by atoms with van der Waals surface area (Å²) in [4.78, 5) is 4.40. The maximum absolute atomic E-state index is 10.4. The molecule has 1 unspecified atom stereocenters. The lowest BCUT2D eigenvalue weighted by Gasteiger charge is -2.12. The van der Waals surface area contributed by atoms with Crippen molar-refractivity contribution < 1.29 is 9.84 Å². The number of pyridine rings is 1. The third-order valence-corrected chi connectivity index (χ3v) is 3.80. The fraction of sp³-hybridized carbons (Fsp3) is 0.353. The summed E-state index contributed by atoms with van der Waals surface area (Å²) >= 11 is 0. The van der Waals surface area contributed by atoms with Gasteiger partial charge in [-0.25, -0.2) is 0 Å². The first-order valence-corrected chi connectivity index (χ1v) is 7.13. The Balaban J connectivity index is 1.73. The van der Waals surface area contributed by atoms with E-state index in [2.05, 4.69) is 18.0 Å². The molecule has 0 aliphatic carbocycles. The minimum absolute atomic E-state index is 0.513. The Morgan fingerprint density at radius 3 is 2.95 bits per heavy atom. The van der Waals surface area contributed by atoms with Crippen molar-refractivity contribution >= 4 is 0 Å². The average molecular weight is 269 g/mol. The van der Waals surface area contributed by atoms with Gasteiger partial charge in [-0.05, 0) is 41.3 Å². The SMILES string of the molecule is CCc1ccc(CC(O)c2ccc3c(c2)CCO3)nc1. The van der Waals surface area contributed by atoms with Gasteiger partial charge in [0, 0.05) is 24.7 Å². The average Bonchev–Trinajstić information content (AvgIpc) is 2.95. The van der Waals surface area contributed by atoms with Crippen molar-refractivity contribution in [1.29, 1.82) is 0 Å². The zero-order valence-corrected chi connectivity index (χ0v) is 11.7. The number of fused-ring (bicyclic) bond motifs is 1. The number of ether oxygens (including phenoxy) is 1. The van der Waals surface area contributed by atoms with Crippen molar-refractivity contribution in [3.63, 3.8) is 0 Å². The molecule has 0 saturated heterocycles. The molecule has 3 nitrogen and oxygen atoms in total. The zero-order chi connectivity index (χ0) is 13.9. The van der Waals surface area contributed by atoms with Gasteiger partial charge >= 0.3 is 0 Å². The van der Waals surface area contributed by atoms with Crippen molar-refractivity contribution in [2.75, 3.05) is 6.61 Å². The van der Waals surface area contributed by atoms with Gasteiger partial charge in [-0.2, -0.15) is 0 Å². The van der Waals surface area contributed by atoms with Crippen LogP contribution in [0.1, 0.15) is 35.4 Å². The van der Waals surface area contributed by atoms with Crippen LogP contribution in [0.5, 0.6) is 5.75 Å². The Bertz CT molecular complexity index is 592. The molecule has 0 saturated carbocycles. The van der Waals surface area contributed by atoms with Crippen LogP contribution in [0.15, 0.2) is 36.5 Å². The van der Waals surface area contributed by atoms with E-state index in [0.717, 1.165) is 36.5 Å². The fourth-order valence-electron chi connectivity index (χ4n) is 2.51. The van der Waals surface area contributed by atoms with E-state index in [1.54, 1.807) is 0 Å². The molecule has 1 aliphatic rings. The van der Waals surface area contributed by atoms with E-state index in [0.29, 0.717) is 6.42 Å². The van der Waals surface area contributed by atoms with Crippen LogP contribution < -0.4 is 4.74 Å². The maximum Gasteiger partial charge on any atom is 0.122 e. The van der Waals surface area contributed by atoms with E-state index in [1.807, 2.05) is 30.5 Å². The Labute approximate surface area is 119 Å². The summed E-state index contributed by atoms with van der Waals surface area (Å²) in [6.07, 6.45) is 3.84. The minimum Gasteiger partial charge on any atom is -0.493 e. The Morgan fingerprint density at radius 2 is 2.20 bits per heavy atom. The summed E-state index contributed by atoms with van der Waals surface area (Å²) in [6.45, 7) is 2.85. The summed E-state index contributed by atoms with van der Waals surface area (Å²) in [5, 5.41) is 10.4. The minimum atomic E-state index is -0.513. The highest BCUT2D eigenvalue weighted by Crippen LogP contribution is 2.29. The van der Waals surface area contributed by atoms with Gasteiger partial charge in [0.15, 0.2) is 0 Å². The normalized spacial score (nSPS) is 14.7. The van der Waals surface area contributed by atoms with E-state index < -0.39 is 6.10 Å². The number of benzene rings is 1. The molecule has 1 aliphatic heterocycles. The molecular formula is C17H19NO2. The van der Waals surface area contributed by atoms with Crippen LogP contribution in [0.3, 0.4) is 0 Å². The number of aromatic nitrogens is 1. The highest BCUT2D eigenvalue weighted by atomic mass is 16.5. The molecule has 1 aromatic carbocycles. The first kappa shape index (κ1) is 13.1. The van der Waals surface area contributed by atoms with Crippen LogP contribution >= 0.6 is 0 Å². The molecule has 0 spiro atoms. The molecular weight excluding hydrogens is 250 g/mol. The number of nitrogens with zero attached hydrogens (tertiary/aromatic N) is 1. The summed E-state index contributed by atoms with van der Waals surface area (Å²) in [5.41, 5.74) is 4.27. The molecule has 104 valence electrons. The predicted molar refractivity (Wildman–Crippen MR) is 77.9 cm³/mol. The summed E-state index contributed by atoms with van der Waals surface area (Å²) in [5.74, 6) is 0.950. The van der Waals surface area contributed by atoms with Crippen molar-refractivity contribution in [3.8, 4) is 5.75 Å². The Kier molecular flexibility index (Phi) is 3.70. The van der Waals surface area contributed by atoms with E-state index in [9.17, 15) is 5.11 Å². The monoisotopic (exact) mass is 269 g/mol. The molecule has 3 rings (SSSR count). The second kappa shape index (κ2) is 5.63. The number of aliphatic hydroxyl groups excluding tert-OH is 1. The zero-order valence-electron chi connectivity index (χ0n) is 11.7. The Hall–Kier alpha value is -1.87. The number of aryl methyl sites for hydroxylation is 1. The van der Waals surface area contributed by atoms with E-state index >= 15 is 0 Å². The molecule has 1 N–H and O–H groups in total. The molecule has 1 atom stereocenters. The molecule has 3 heteroatoms. The molecule has 2 aromatic rings. The lowest BCUT2D eigenvalue weighted by molar-refractivity contribution is 0.177. The van der Waals surface area contributed by atoms with Gasteiger partial charge in [0.2, 0.25) is 0 Å². The lowest BCUT2D eigenvalue weighted by atomic mass is 10.0. The summed E-state index contributed by atoms with van der Waals surface area (Å²) in [6, 6.07) is 10.0. The molecule has 2 heterocycles. The van der Waals surface area contributed by atoms with Crippen LogP contribution in [0.2, 0.25) is 0 Å². The summed E-state index contributed by atoms with van der Waals surface area (Å²) < 4.78 is 5.48. The van der Waals surface area contributed by atoms with Crippen molar-refractivity contribution in [3.05, 3.63) is 58.9 Å². The molecule has 0 fully saturated rings. The van der Waals surface area contributed by atoms with Gasteiger partial charge in [-0.3, -0.25) is 4.98 Å². The topological polar surface area (TPSA) is 42.4 Å². The second-order valence-corrected chi connectivity index (χ2v) is 5.20. The third kappa shape index (κ3) is 2.68. The van der Waals surface area contributed by atoms with Gasteiger partial charge < -0.3 is 9.84 Å². The van der Waals surface area contributed by atoms with Crippen LogP contribution in [0, 0.1) is 0 Å². The van der Waals surface area contributed by atoms with E-state index in [-0.39, 0.29) is 0 Å². The highest BCUT2D eigenvalue weighted by Gasteiger charge is 2.16. The first-order chi connectivity index (χ1) is 9.76. The van der Waals surface area contributed by atoms with Crippen molar-refractivity contribution in [1.82, 2.24) is 4.98 Å². The fourth-order valence-corrected chi connectivity index (χ4v) is 2.51. The molecule has 0 radical (unpaired) electrons. The second-order valence-electron chi connectivity index (χ2n) is 5.20. The molecule has 0 bridgehead atoms. The predicted octanol–water partition coefficient (Wildman–Crippen LogP) is 2.86. The van der Waals surface area contributed by atoms with Crippen LogP contribution in [0.4, 0.5) is 0 Å². The lowest BCUT2D eigenvalue weighted by Crippen LogP contribution is -2.04. The van der Waals surface area contributed by atoms with Gasteiger partial charge in [-0.15, -0.1) is 0 Å². The third-order valence-electron chi connectivity index (χ3n) is 3.80. The largest absolute Gasteiger partial charge is 0.493 e. The number of hydrogen-bond acceptors (Lipinski definition) is 3. The maximum atomic E-state index is 10.4. The van der Waals surface area contributed by atoms with E-state index in [4.69, 9.17) is 4.74 Å². The highest BCUT2D eigenvalue weighted by molar-refractivity contribution is 5.40. The van der Waals surface area contributed by atoms with Gasteiger partial charge in [0.05, 0.1) is 12.7 Å². The van der Waals surface area contributed by atoms with Gasteiger partial charge in [0.25, 0.3) is 0 Å². The van der Waals surface area contributed by atoms with Crippen molar-refractivity contribution in [2.24, 2.45) is 0 Å². The van der Waals surface area contributed by atoms with Gasteiger partial charge in [-0.1, -0.05) is 19.1 Å². The van der Waals surface area contributed by atoms with Crippen LogP contribution in [-0.4, -0.2) is 16.7 Å². The number of rotatable bonds is 4. The quantitative estimate of drug-likeness (QED) is 0.928. The Morgan fingerprint density at radius 1 is 1.30 bits per heavy atom. The first-order valence-electron chi connectivity index (χ1n) is 7.13. The van der Waals surface area contributed by atoms with E-state index in [1.165, 1.54) is 11.1 Å². The van der Waals surface area contributed by atoms with Crippen LogP contribution in [0.25, 0.3) is 0 Å². The number of aliphatic hydroxyl groups is 1. The van der Waals surface area contributed by atoms with Gasteiger partial charge in [0.1, 0.15) is 5.75 Å².